The molecule has 162 valence electrons. The van der Waals surface area contributed by atoms with Crippen molar-refractivity contribution in [1.82, 2.24) is 4.31 Å². The van der Waals surface area contributed by atoms with Crippen LogP contribution in [0.4, 0.5) is 0 Å². The fourth-order valence-electron chi connectivity index (χ4n) is 2.54. The highest BCUT2D eigenvalue weighted by Crippen LogP contribution is 2.33. The molecule has 0 amide bonds. The number of hydrogen-bond donors (Lipinski definition) is 0. The van der Waals surface area contributed by atoms with Crippen molar-refractivity contribution in [2.75, 3.05) is 19.9 Å². The quantitative estimate of drug-likeness (QED) is 0.454. The lowest BCUT2D eigenvalue weighted by molar-refractivity contribution is -0.160. The summed E-state index contributed by atoms with van der Waals surface area (Å²) < 4.78 is 37.8. The summed E-state index contributed by atoms with van der Waals surface area (Å²) in [4.78, 5) is 13.0. The number of ether oxygens (including phenoxy) is 2. The number of sulfonamides is 1. The van der Waals surface area contributed by atoms with Crippen molar-refractivity contribution in [2.45, 2.75) is 62.8 Å². The molecule has 6 nitrogen and oxygen atoms in total. The topological polar surface area (TPSA) is 72.9 Å². The molecule has 0 aliphatic carbocycles. The van der Waals surface area contributed by atoms with E-state index in [1.165, 1.54) is 30.9 Å². The van der Waals surface area contributed by atoms with Gasteiger partial charge in [0.15, 0.2) is 0 Å². The van der Waals surface area contributed by atoms with Gasteiger partial charge < -0.3 is 9.47 Å². The Hall–Kier alpha value is -1.69. The van der Waals surface area contributed by atoms with Crippen LogP contribution >= 0.6 is 11.8 Å². The first-order chi connectivity index (χ1) is 13.3. The van der Waals surface area contributed by atoms with Crippen LogP contribution in [0, 0.1) is 11.8 Å². The van der Waals surface area contributed by atoms with Crippen LogP contribution in [0.15, 0.2) is 29.2 Å². The third-order valence-electron chi connectivity index (χ3n) is 4.17. The molecule has 0 N–H and O–H groups in total. The van der Waals surface area contributed by atoms with Crippen LogP contribution in [-0.2, 0) is 19.6 Å². The second kappa shape index (κ2) is 9.88. The predicted molar refractivity (Wildman–Crippen MR) is 118 cm³/mol. The van der Waals surface area contributed by atoms with Gasteiger partial charge in [0, 0.05) is 11.8 Å². The first kappa shape index (κ1) is 25.3. The molecule has 0 radical (unpaired) electrons. The average molecular weight is 442 g/mol. The molecule has 0 saturated carbocycles. The lowest BCUT2D eigenvalue weighted by Gasteiger charge is -2.38. The van der Waals surface area contributed by atoms with Gasteiger partial charge in [-0.15, -0.1) is 5.92 Å². The number of benzene rings is 1. The van der Waals surface area contributed by atoms with Crippen LogP contribution in [-0.4, -0.2) is 55.0 Å². The third kappa shape index (κ3) is 6.95. The van der Waals surface area contributed by atoms with Gasteiger partial charge in [-0.25, -0.2) is 8.42 Å². The molecule has 0 aliphatic heterocycles. The van der Waals surface area contributed by atoms with Crippen molar-refractivity contribution in [3.63, 3.8) is 0 Å². The van der Waals surface area contributed by atoms with Crippen molar-refractivity contribution in [3.05, 3.63) is 24.3 Å². The van der Waals surface area contributed by atoms with Crippen molar-refractivity contribution >= 4 is 27.8 Å². The molecule has 29 heavy (non-hydrogen) atoms. The summed E-state index contributed by atoms with van der Waals surface area (Å²) >= 11 is 1.40. The first-order valence-corrected chi connectivity index (χ1v) is 11.8. The van der Waals surface area contributed by atoms with Gasteiger partial charge in [-0.3, -0.25) is 4.79 Å². The fraction of sp³-hybridized carbons (Fsp3) is 0.571. The van der Waals surface area contributed by atoms with E-state index in [-0.39, 0.29) is 11.5 Å². The molecule has 1 atom stereocenters. The van der Waals surface area contributed by atoms with Crippen molar-refractivity contribution in [1.29, 1.82) is 0 Å². The maximum Gasteiger partial charge on any atom is 0.326 e. The van der Waals surface area contributed by atoms with Gasteiger partial charge in [-0.1, -0.05) is 5.92 Å². The minimum Gasteiger partial charge on any atom is -0.481 e. The summed E-state index contributed by atoms with van der Waals surface area (Å²) in [6.45, 7) is 10.9. The lowest BCUT2D eigenvalue weighted by atomic mass is 10.0. The molecule has 0 spiro atoms. The predicted octanol–water partition coefficient (Wildman–Crippen LogP) is 3.56. The number of carbonyl (C=O) groups excluding carboxylic acids is 1. The van der Waals surface area contributed by atoms with Gasteiger partial charge in [0.1, 0.15) is 24.0 Å². The number of rotatable bonds is 8. The molecule has 1 aromatic rings. The number of thioether (sulfide) groups is 1. The van der Waals surface area contributed by atoms with E-state index in [0.29, 0.717) is 5.75 Å². The highest BCUT2D eigenvalue weighted by atomic mass is 32.2. The molecule has 8 heteroatoms. The van der Waals surface area contributed by atoms with Crippen LogP contribution in [0.2, 0.25) is 0 Å². The van der Waals surface area contributed by atoms with Gasteiger partial charge >= 0.3 is 5.97 Å². The number of hydrogen-bond acceptors (Lipinski definition) is 6. The largest absolute Gasteiger partial charge is 0.481 e. The van der Waals surface area contributed by atoms with E-state index in [1.54, 1.807) is 39.8 Å². The SMILES string of the molecule is CC#CCOc1ccc(S(=O)(=O)N(C)C(C(=O)OC(C)(C)C)C(C)(C)SC)cc1. The Morgan fingerprint density at radius 2 is 1.72 bits per heavy atom. The van der Waals surface area contributed by atoms with Gasteiger partial charge in [0.2, 0.25) is 10.0 Å². The number of nitrogens with zero attached hydrogens (tertiary/aromatic N) is 1. The second-order valence-electron chi connectivity index (χ2n) is 7.95. The van der Waals surface area contributed by atoms with E-state index in [2.05, 4.69) is 11.8 Å². The molecule has 0 saturated heterocycles. The molecule has 1 unspecified atom stereocenters. The lowest BCUT2D eigenvalue weighted by Crippen LogP contribution is -2.54. The summed E-state index contributed by atoms with van der Waals surface area (Å²) in [5.41, 5.74) is -0.727. The van der Waals surface area contributed by atoms with Gasteiger partial charge in [-0.05, 0) is 72.1 Å². The maximum atomic E-state index is 13.2. The number of likely N-dealkylation sites (N-methyl/N-ethyl adjacent to an activating group) is 1. The zero-order valence-electron chi connectivity index (χ0n) is 18.4. The molecule has 0 fully saturated rings. The molecule has 1 aromatic carbocycles. The Labute approximate surface area is 179 Å². The van der Waals surface area contributed by atoms with Crippen LogP contribution < -0.4 is 4.74 Å². The van der Waals surface area contributed by atoms with E-state index >= 15 is 0 Å². The van der Waals surface area contributed by atoms with Crippen molar-refractivity contribution < 1.29 is 22.7 Å². The third-order valence-corrected chi connectivity index (χ3v) is 7.28. The minimum atomic E-state index is -3.94. The first-order valence-electron chi connectivity index (χ1n) is 9.15. The van der Waals surface area contributed by atoms with E-state index < -0.39 is 32.4 Å². The van der Waals surface area contributed by atoms with Crippen LogP contribution in [0.1, 0.15) is 41.5 Å². The van der Waals surface area contributed by atoms with E-state index in [0.717, 1.165) is 4.31 Å². The monoisotopic (exact) mass is 441 g/mol. The normalized spacial score (nSPS) is 13.4. The summed E-state index contributed by atoms with van der Waals surface area (Å²) in [5, 5.41) is 0. The van der Waals surface area contributed by atoms with Gasteiger partial charge in [-0.2, -0.15) is 16.1 Å². The van der Waals surface area contributed by atoms with Crippen LogP contribution in [0.3, 0.4) is 0 Å². The molecule has 0 heterocycles. The Kier molecular flexibility index (Phi) is 8.63. The molecule has 0 aromatic heterocycles. The summed E-state index contributed by atoms with van der Waals surface area (Å²) in [7, 11) is -2.53. The molecular weight excluding hydrogens is 410 g/mol. The molecule has 1 rings (SSSR count). The molecule has 0 bridgehead atoms. The standard InChI is InChI=1S/C21H31NO5S2/c1-9-10-15-26-16-11-13-17(14-12-16)29(24,25)22(7)18(21(5,6)28-8)19(23)27-20(2,3)4/h11-14,18H,15H2,1-8H3. The Balaban J connectivity index is 3.23. The molecular formula is C21H31NO5S2. The fourth-order valence-corrected chi connectivity index (χ4v) is 4.53. The summed E-state index contributed by atoms with van der Waals surface area (Å²) in [6.07, 6.45) is 1.84. The number of esters is 1. The molecule has 0 aliphatic rings. The zero-order valence-corrected chi connectivity index (χ0v) is 20.0. The van der Waals surface area contributed by atoms with Gasteiger partial charge in [0.05, 0.1) is 4.90 Å². The highest BCUT2D eigenvalue weighted by Gasteiger charge is 2.45. The number of carbonyl (C=O) groups is 1. The second-order valence-corrected chi connectivity index (χ2v) is 11.4. The van der Waals surface area contributed by atoms with Crippen LogP contribution in [0.25, 0.3) is 0 Å². The zero-order chi connectivity index (χ0) is 22.5. The maximum absolute atomic E-state index is 13.2. The van der Waals surface area contributed by atoms with E-state index in [1.807, 2.05) is 20.1 Å². The Morgan fingerprint density at radius 3 is 2.17 bits per heavy atom. The summed E-state index contributed by atoms with van der Waals surface area (Å²) in [5.74, 6) is 5.43. The van der Waals surface area contributed by atoms with Crippen LogP contribution in [0.5, 0.6) is 5.75 Å². The average Bonchev–Trinajstić information content (AvgIpc) is 2.60. The Morgan fingerprint density at radius 1 is 1.17 bits per heavy atom. The van der Waals surface area contributed by atoms with Gasteiger partial charge in [0.25, 0.3) is 0 Å². The van der Waals surface area contributed by atoms with E-state index in [4.69, 9.17) is 9.47 Å². The highest BCUT2D eigenvalue weighted by molar-refractivity contribution is 8.00. The summed E-state index contributed by atoms with van der Waals surface area (Å²) in [6, 6.07) is 5.05. The minimum absolute atomic E-state index is 0.0689. The van der Waals surface area contributed by atoms with Crippen molar-refractivity contribution in [2.24, 2.45) is 0 Å². The van der Waals surface area contributed by atoms with Crippen molar-refractivity contribution in [3.8, 4) is 17.6 Å². The van der Waals surface area contributed by atoms with E-state index in [9.17, 15) is 13.2 Å². The Bertz CT molecular complexity index is 859. The smallest absolute Gasteiger partial charge is 0.326 e.